The van der Waals surface area contributed by atoms with Crippen LogP contribution in [0.15, 0.2) is 5.38 Å². The summed E-state index contributed by atoms with van der Waals surface area (Å²) in [6, 6.07) is -0.00930. The van der Waals surface area contributed by atoms with E-state index in [9.17, 15) is 4.79 Å². The summed E-state index contributed by atoms with van der Waals surface area (Å²) in [6.07, 6.45) is 1.63. The van der Waals surface area contributed by atoms with Crippen molar-refractivity contribution >= 4 is 53.4 Å². The van der Waals surface area contributed by atoms with Gasteiger partial charge in [-0.05, 0) is 26.8 Å². The van der Waals surface area contributed by atoms with Crippen molar-refractivity contribution < 1.29 is 4.79 Å². The Kier molecular flexibility index (Phi) is 9.99. The molecular formula is C15H24Cl2N4OS2. The Bertz CT molecular complexity index is 660. The van der Waals surface area contributed by atoms with Crippen LogP contribution in [0.2, 0.25) is 0 Å². The van der Waals surface area contributed by atoms with Crippen molar-refractivity contribution in [1.29, 1.82) is 0 Å². The molecule has 1 amide bonds. The topological polar surface area (TPSA) is 72.1 Å². The smallest absolute Gasteiger partial charge is 0.273 e. The molecule has 2 aromatic heterocycles. The fourth-order valence-corrected chi connectivity index (χ4v) is 4.08. The molecule has 0 aromatic carbocycles. The van der Waals surface area contributed by atoms with Crippen molar-refractivity contribution in [3.63, 3.8) is 0 Å². The van der Waals surface area contributed by atoms with Gasteiger partial charge in [0.15, 0.2) is 0 Å². The van der Waals surface area contributed by atoms with E-state index in [4.69, 9.17) is 5.73 Å². The maximum Gasteiger partial charge on any atom is 0.273 e. The second kappa shape index (κ2) is 10.3. The van der Waals surface area contributed by atoms with E-state index in [0.717, 1.165) is 27.0 Å². The molecule has 1 atom stereocenters. The molecule has 0 aliphatic heterocycles. The van der Waals surface area contributed by atoms with Gasteiger partial charge in [0, 0.05) is 23.7 Å². The van der Waals surface area contributed by atoms with E-state index < -0.39 is 0 Å². The predicted octanol–water partition coefficient (Wildman–Crippen LogP) is 3.65. The normalized spacial score (nSPS) is 11.4. The number of nitrogens with two attached hydrogens (primary N) is 1. The molecule has 2 rings (SSSR count). The standard InChI is InChI=1S/C15H22N4OS2.2ClH/c1-5-12-17-9(2)14(22-12)10(3)19(4)15(20)11-8-21-13(18-11)6-7-16;;/h8,10H,5-7,16H2,1-4H3;2*1H. The number of aromatic nitrogens is 2. The molecule has 2 aromatic rings. The molecule has 0 saturated carbocycles. The lowest BCUT2D eigenvalue weighted by molar-refractivity contribution is 0.0739. The number of nitrogens with zero attached hydrogens (tertiary/aromatic N) is 3. The minimum Gasteiger partial charge on any atom is -0.333 e. The maximum atomic E-state index is 12.6. The highest BCUT2D eigenvalue weighted by molar-refractivity contribution is 7.11. The van der Waals surface area contributed by atoms with Gasteiger partial charge in [-0.2, -0.15) is 0 Å². The summed E-state index contributed by atoms with van der Waals surface area (Å²) in [5, 5.41) is 3.83. The first kappa shape index (κ1) is 23.3. The van der Waals surface area contributed by atoms with Crippen molar-refractivity contribution in [2.24, 2.45) is 5.73 Å². The molecule has 0 radical (unpaired) electrons. The fraction of sp³-hybridized carbons (Fsp3) is 0.533. The largest absolute Gasteiger partial charge is 0.333 e. The lowest BCUT2D eigenvalue weighted by Crippen LogP contribution is -2.29. The molecule has 5 nitrogen and oxygen atoms in total. The molecule has 0 aliphatic carbocycles. The number of carbonyl (C=O) groups is 1. The molecule has 24 heavy (non-hydrogen) atoms. The van der Waals surface area contributed by atoms with Crippen molar-refractivity contribution in [3.05, 3.63) is 31.7 Å². The second-order valence-corrected chi connectivity index (χ2v) is 7.23. The van der Waals surface area contributed by atoms with E-state index >= 15 is 0 Å². The van der Waals surface area contributed by atoms with Gasteiger partial charge >= 0.3 is 0 Å². The van der Waals surface area contributed by atoms with Crippen molar-refractivity contribution in [3.8, 4) is 0 Å². The Balaban J connectivity index is 0.00000264. The minimum absolute atomic E-state index is 0. The van der Waals surface area contributed by atoms with Crippen LogP contribution in [0.5, 0.6) is 0 Å². The average molecular weight is 411 g/mol. The molecule has 0 fully saturated rings. The zero-order chi connectivity index (χ0) is 16.3. The van der Waals surface area contributed by atoms with Crippen LogP contribution in [0.4, 0.5) is 0 Å². The molecule has 2 heterocycles. The van der Waals surface area contributed by atoms with Gasteiger partial charge in [0.25, 0.3) is 5.91 Å². The van der Waals surface area contributed by atoms with Crippen molar-refractivity contribution in [2.75, 3.05) is 13.6 Å². The third-order valence-electron chi connectivity index (χ3n) is 3.59. The SMILES string of the molecule is CCc1nc(C)c(C(C)N(C)C(=O)c2csc(CCN)n2)s1.Cl.Cl. The Morgan fingerprint density at radius 2 is 2.00 bits per heavy atom. The van der Waals surface area contributed by atoms with Crippen LogP contribution in [-0.2, 0) is 12.8 Å². The summed E-state index contributed by atoms with van der Waals surface area (Å²) < 4.78 is 0. The van der Waals surface area contributed by atoms with Gasteiger partial charge in [-0.3, -0.25) is 4.79 Å². The van der Waals surface area contributed by atoms with Crippen LogP contribution < -0.4 is 5.73 Å². The highest BCUT2D eigenvalue weighted by Crippen LogP contribution is 2.29. The molecule has 0 saturated heterocycles. The van der Waals surface area contributed by atoms with Crippen LogP contribution >= 0.6 is 47.5 Å². The van der Waals surface area contributed by atoms with Gasteiger partial charge in [-0.25, -0.2) is 9.97 Å². The average Bonchev–Trinajstić information content (AvgIpc) is 3.12. The molecule has 2 N–H and O–H groups in total. The Labute approximate surface area is 163 Å². The molecule has 136 valence electrons. The van der Waals surface area contributed by atoms with Gasteiger partial charge in [-0.1, -0.05) is 6.92 Å². The monoisotopic (exact) mass is 410 g/mol. The van der Waals surface area contributed by atoms with Crippen LogP contribution in [0.25, 0.3) is 0 Å². The van der Waals surface area contributed by atoms with E-state index in [1.165, 1.54) is 11.3 Å². The third kappa shape index (κ3) is 5.13. The lowest BCUT2D eigenvalue weighted by Gasteiger charge is -2.23. The number of carbonyl (C=O) groups excluding carboxylic acids is 1. The summed E-state index contributed by atoms with van der Waals surface area (Å²) in [7, 11) is 1.82. The quantitative estimate of drug-likeness (QED) is 0.788. The van der Waals surface area contributed by atoms with Crippen LogP contribution in [0.1, 0.15) is 51.0 Å². The van der Waals surface area contributed by atoms with E-state index in [1.54, 1.807) is 16.2 Å². The summed E-state index contributed by atoms with van der Waals surface area (Å²) in [6.45, 7) is 6.68. The zero-order valence-corrected chi connectivity index (χ0v) is 17.5. The van der Waals surface area contributed by atoms with Gasteiger partial charge in [-0.15, -0.1) is 47.5 Å². The molecule has 0 bridgehead atoms. The predicted molar refractivity (Wildman–Crippen MR) is 106 cm³/mol. The second-order valence-electron chi connectivity index (χ2n) is 5.17. The van der Waals surface area contributed by atoms with Crippen molar-refractivity contribution in [1.82, 2.24) is 14.9 Å². The van der Waals surface area contributed by atoms with Gasteiger partial charge in [0.2, 0.25) is 0 Å². The zero-order valence-electron chi connectivity index (χ0n) is 14.2. The first-order valence-corrected chi connectivity index (χ1v) is 9.05. The van der Waals surface area contributed by atoms with Gasteiger partial charge in [0.05, 0.1) is 21.8 Å². The maximum absolute atomic E-state index is 12.6. The molecule has 9 heteroatoms. The summed E-state index contributed by atoms with van der Waals surface area (Å²) in [5.74, 6) is -0.0575. The minimum atomic E-state index is -0.0575. The lowest BCUT2D eigenvalue weighted by atomic mass is 10.2. The number of halogens is 2. The number of aryl methyl sites for hydroxylation is 2. The van der Waals surface area contributed by atoms with Crippen LogP contribution in [0, 0.1) is 6.92 Å². The Morgan fingerprint density at radius 1 is 1.33 bits per heavy atom. The number of hydrogen-bond acceptors (Lipinski definition) is 6. The molecular weight excluding hydrogens is 387 g/mol. The van der Waals surface area contributed by atoms with E-state index in [2.05, 4.69) is 16.9 Å². The number of hydrogen-bond donors (Lipinski definition) is 1. The van der Waals surface area contributed by atoms with Crippen molar-refractivity contribution in [2.45, 2.75) is 39.7 Å². The summed E-state index contributed by atoms with van der Waals surface area (Å²) in [4.78, 5) is 24.4. The van der Waals surface area contributed by atoms with E-state index in [-0.39, 0.29) is 36.8 Å². The van der Waals surface area contributed by atoms with Gasteiger partial charge < -0.3 is 10.6 Å². The molecule has 0 spiro atoms. The summed E-state index contributed by atoms with van der Waals surface area (Å²) in [5.41, 5.74) is 7.04. The van der Waals surface area contributed by atoms with Gasteiger partial charge in [0.1, 0.15) is 5.69 Å². The van der Waals surface area contributed by atoms with Crippen LogP contribution in [0.3, 0.4) is 0 Å². The fourth-order valence-electron chi connectivity index (χ4n) is 2.18. The number of thiazole rings is 2. The highest BCUT2D eigenvalue weighted by atomic mass is 35.5. The molecule has 1 unspecified atom stereocenters. The first-order chi connectivity index (χ1) is 10.5. The third-order valence-corrected chi connectivity index (χ3v) is 5.97. The highest BCUT2D eigenvalue weighted by Gasteiger charge is 2.24. The first-order valence-electron chi connectivity index (χ1n) is 7.35. The number of rotatable bonds is 6. The Morgan fingerprint density at radius 3 is 2.54 bits per heavy atom. The van der Waals surface area contributed by atoms with E-state index in [0.29, 0.717) is 18.7 Å². The van der Waals surface area contributed by atoms with E-state index in [1.807, 2.05) is 26.3 Å². The van der Waals surface area contributed by atoms with Crippen LogP contribution in [-0.4, -0.2) is 34.4 Å². The summed E-state index contributed by atoms with van der Waals surface area (Å²) >= 11 is 3.17. The molecule has 0 aliphatic rings. The Hall–Kier alpha value is -0.730. The number of amides is 1.